The Hall–Kier alpha value is -2.81. The van der Waals surface area contributed by atoms with Crippen molar-refractivity contribution in [3.63, 3.8) is 0 Å². The number of aromatic nitrogens is 3. The van der Waals surface area contributed by atoms with Crippen molar-refractivity contribution in [3.05, 3.63) is 77.1 Å². The summed E-state index contributed by atoms with van der Waals surface area (Å²) in [6.07, 6.45) is -0.121. The van der Waals surface area contributed by atoms with Crippen molar-refractivity contribution >= 4 is 0 Å². The van der Waals surface area contributed by atoms with Crippen LogP contribution < -0.4 is 0 Å². The van der Waals surface area contributed by atoms with Gasteiger partial charge in [0, 0.05) is 18.5 Å². The van der Waals surface area contributed by atoms with Gasteiger partial charge in [0.25, 0.3) is 0 Å². The standard InChI is InChI=1S/C22H21F5N4/c23-19-6-5-18(13-20(19)24)31-14-21(28-29-31)16-8-11-30(12-9-16)10-7-15-1-3-17(4-2-15)22(25,26)27/h1-6,13-14,16H,7-12H2. The van der Waals surface area contributed by atoms with Gasteiger partial charge in [-0.05, 0) is 62.2 Å². The van der Waals surface area contributed by atoms with Crippen molar-refractivity contribution in [2.24, 2.45) is 0 Å². The summed E-state index contributed by atoms with van der Waals surface area (Å²) in [7, 11) is 0. The summed E-state index contributed by atoms with van der Waals surface area (Å²) in [6, 6.07) is 8.90. The quantitative estimate of drug-likeness (QED) is 0.529. The molecule has 2 aromatic carbocycles. The molecule has 1 aliphatic heterocycles. The summed E-state index contributed by atoms with van der Waals surface area (Å²) in [5.74, 6) is -1.62. The van der Waals surface area contributed by atoms with E-state index in [0.717, 1.165) is 68.0 Å². The van der Waals surface area contributed by atoms with Crippen LogP contribution in [0.15, 0.2) is 48.7 Å². The largest absolute Gasteiger partial charge is 0.416 e. The number of alkyl halides is 3. The normalized spacial score (nSPS) is 16.0. The van der Waals surface area contributed by atoms with E-state index in [1.807, 2.05) is 0 Å². The first kappa shape index (κ1) is 21.4. The SMILES string of the molecule is Fc1ccc(-n2cc(C3CCN(CCc4ccc(C(F)(F)F)cc4)CC3)nn2)cc1F. The van der Waals surface area contributed by atoms with Crippen LogP contribution in [0, 0.1) is 11.6 Å². The second-order valence-electron chi connectivity index (χ2n) is 7.75. The second-order valence-corrected chi connectivity index (χ2v) is 7.75. The van der Waals surface area contributed by atoms with Gasteiger partial charge in [0.1, 0.15) is 0 Å². The summed E-state index contributed by atoms with van der Waals surface area (Å²) in [5.41, 5.74) is 1.47. The molecule has 0 unspecified atom stereocenters. The molecule has 2 heterocycles. The van der Waals surface area contributed by atoms with Crippen LogP contribution in [0.1, 0.15) is 35.6 Å². The van der Waals surface area contributed by atoms with Gasteiger partial charge in [-0.25, -0.2) is 13.5 Å². The minimum Gasteiger partial charge on any atom is -0.303 e. The Morgan fingerprint density at radius 3 is 2.29 bits per heavy atom. The smallest absolute Gasteiger partial charge is 0.303 e. The molecule has 0 bridgehead atoms. The van der Waals surface area contributed by atoms with Crippen LogP contribution >= 0.6 is 0 Å². The first-order valence-electron chi connectivity index (χ1n) is 10.1. The molecule has 0 saturated carbocycles. The lowest BCUT2D eigenvalue weighted by Gasteiger charge is -2.31. The van der Waals surface area contributed by atoms with Gasteiger partial charge in [0.05, 0.1) is 23.1 Å². The van der Waals surface area contributed by atoms with Crippen molar-refractivity contribution in [2.45, 2.75) is 31.4 Å². The van der Waals surface area contributed by atoms with Gasteiger partial charge in [0.2, 0.25) is 0 Å². The van der Waals surface area contributed by atoms with Gasteiger partial charge in [-0.1, -0.05) is 17.3 Å². The molecule has 31 heavy (non-hydrogen) atoms. The fraction of sp³-hybridized carbons (Fsp3) is 0.364. The van der Waals surface area contributed by atoms with Crippen molar-refractivity contribution in [1.82, 2.24) is 19.9 Å². The van der Waals surface area contributed by atoms with Gasteiger partial charge in [0.15, 0.2) is 11.6 Å². The first-order valence-corrected chi connectivity index (χ1v) is 10.1. The Labute approximate surface area is 176 Å². The van der Waals surface area contributed by atoms with Gasteiger partial charge in [-0.2, -0.15) is 13.2 Å². The van der Waals surface area contributed by atoms with Crippen LogP contribution in [0.4, 0.5) is 22.0 Å². The number of nitrogens with zero attached hydrogens (tertiary/aromatic N) is 4. The first-order chi connectivity index (χ1) is 14.8. The summed E-state index contributed by atoms with van der Waals surface area (Å²) < 4.78 is 66.0. The van der Waals surface area contributed by atoms with Gasteiger partial charge >= 0.3 is 6.18 Å². The molecule has 1 fully saturated rings. The summed E-state index contributed by atoms with van der Waals surface area (Å²) in [5, 5.41) is 8.24. The van der Waals surface area contributed by atoms with E-state index in [-0.39, 0.29) is 5.92 Å². The molecule has 4 rings (SSSR count). The van der Waals surface area contributed by atoms with Crippen LogP contribution in [-0.2, 0) is 12.6 Å². The average Bonchev–Trinajstić information content (AvgIpc) is 3.24. The highest BCUT2D eigenvalue weighted by Crippen LogP contribution is 2.30. The Morgan fingerprint density at radius 1 is 0.935 bits per heavy atom. The lowest BCUT2D eigenvalue weighted by molar-refractivity contribution is -0.137. The minimum atomic E-state index is -4.31. The third-order valence-corrected chi connectivity index (χ3v) is 5.68. The van der Waals surface area contributed by atoms with Crippen LogP contribution in [0.5, 0.6) is 0 Å². The molecule has 0 aliphatic carbocycles. The van der Waals surface area contributed by atoms with Gasteiger partial charge < -0.3 is 4.90 Å². The molecule has 0 amide bonds. The fourth-order valence-corrected chi connectivity index (χ4v) is 3.82. The van der Waals surface area contributed by atoms with Crippen molar-refractivity contribution < 1.29 is 22.0 Å². The molecule has 1 aromatic heterocycles. The predicted molar refractivity (Wildman–Crippen MR) is 105 cm³/mol. The van der Waals surface area contributed by atoms with E-state index < -0.39 is 23.4 Å². The number of benzene rings is 2. The maximum absolute atomic E-state index is 13.4. The molecule has 0 N–H and O–H groups in total. The zero-order valence-corrected chi connectivity index (χ0v) is 16.6. The van der Waals surface area contributed by atoms with E-state index in [2.05, 4.69) is 15.2 Å². The van der Waals surface area contributed by atoms with Crippen LogP contribution in [0.2, 0.25) is 0 Å². The number of rotatable bonds is 5. The highest BCUT2D eigenvalue weighted by Gasteiger charge is 2.30. The number of hydrogen-bond acceptors (Lipinski definition) is 3. The number of hydrogen-bond donors (Lipinski definition) is 0. The van der Waals surface area contributed by atoms with E-state index in [1.165, 1.54) is 22.9 Å². The van der Waals surface area contributed by atoms with E-state index in [9.17, 15) is 22.0 Å². The molecular formula is C22H21F5N4. The molecule has 1 saturated heterocycles. The lowest BCUT2D eigenvalue weighted by atomic mass is 9.94. The van der Waals surface area contributed by atoms with Crippen LogP contribution in [-0.4, -0.2) is 39.5 Å². The Morgan fingerprint density at radius 2 is 1.65 bits per heavy atom. The number of halogens is 5. The van der Waals surface area contributed by atoms with E-state index in [4.69, 9.17) is 0 Å². The molecular weight excluding hydrogens is 415 g/mol. The molecule has 0 spiro atoms. The van der Waals surface area contributed by atoms with Gasteiger partial charge in [-0.15, -0.1) is 5.10 Å². The molecule has 9 heteroatoms. The topological polar surface area (TPSA) is 34.0 Å². The van der Waals surface area contributed by atoms with Crippen LogP contribution in [0.3, 0.4) is 0 Å². The van der Waals surface area contributed by atoms with E-state index >= 15 is 0 Å². The molecule has 4 nitrogen and oxygen atoms in total. The summed E-state index contributed by atoms with van der Waals surface area (Å²) >= 11 is 0. The molecule has 164 valence electrons. The average molecular weight is 436 g/mol. The third-order valence-electron chi connectivity index (χ3n) is 5.68. The number of likely N-dealkylation sites (tertiary alicyclic amines) is 1. The van der Waals surface area contributed by atoms with E-state index in [1.54, 1.807) is 6.20 Å². The fourth-order valence-electron chi connectivity index (χ4n) is 3.82. The van der Waals surface area contributed by atoms with Crippen molar-refractivity contribution in [1.29, 1.82) is 0 Å². The van der Waals surface area contributed by atoms with Crippen molar-refractivity contribution in [3.8, 4) is 5.69 Å². The monoisotopic (exact) mass is 436 g/mol. The minimum absolute atomic E-state index is 0.223. The molecule has 0 atom stereocenters. The van der Waals surface area contributed by atoms with Crippen molar-refractivity contribution in [2.75, 3.05) is 19.6 Å². The molecule has 0 radical (unpaired) electrons. The Bertz CT molecular complexity index is 1020. The van der Waals surface area contributed by atoms with E-state index in [0.29, 0.717) is 12.1 Å². The zero-order chi connectivity index (χ0) is 22.0. The predicted octanol–water partition coefficient (Wildman–Crippen LogP) is 4.99. The Balaban J connectivity index is 1.29. The summed E-state index contributed by atoms with van der Waals surface area (Å²) in [4.78, 5) is 2.29. The van der Waals surface area contributed by atoms with Gasteiger partial charge in [-0.3, -0.25) is 0 Å². The Kier molecular flexibility index (Phi) is 6.04. The third kappa shape index (κ3) is 5.10. The maximum Gasteiger partial charge on any atom is 0.416 e. The number of piperidine rings is 1. The maximum atomic E-state index is 13.4. The zero-order valence-electron chi connectivity index (χ0n) is 16.6. The second kappa shape index (κ2) is 8.74. The summed E-state index contributed by atoms with van der Waals surface area (Å²) in [6.45, 7) is 2.48. The molecule has 3 aromatic rings. The van der Waals surface area contributed by atoms with Crippen LogP contribution in [0.25, 0.3) is 5.69 Å². The molecule has 1 aliphatic rings. The highest BCUT2D eigenvalue weighted by atomic mass is 19.4. The lowest BCUT2D eigenvalue weighted by Crippen LogP contribution is -2.34. The highest BCUT2D eigenvalue weighted by molar-refractivity contribution is 5.32.